The van der Waals surface area contributed by atoms with Gasteiger partial charge < -0.3 is 19.5 Å². The summed E-state index contributed by atoms with van der Waals surface area (Å²) in [5, 5.41) is 5.10. The van der Waals surface area contributed by atoms with E-state index in [2.05, 4.69) is 21.2 Å². The number of esters is 1. The van der Waals surface area contributed by atoms with Crippen molar-refractivity contribution in [2.45, 2.75) is 13.5 Å². The molecule has 1 N–H and O–H groups in total. The fourth-order valence-corrected chi connectivity index (χ4v) is 4.89. The zero-order chi connectivity index (χ0) is 26.9. The highest BCUT2D eigenvalue weighted by Crippen LogP contribution is 2.37. The Labute approximate surface area is 234 Å². The van der Waals surface area contributed by atoms with Crippen LogP contribution >= 0.6 is 27.3 Å². The maximum Gasteiger partial charge on any atom is 0.341 e. The van der Waals surface area contributed by atoms with Crippen molar-refractivity contribution in [1.82, 2.24) is 0 Å². The lowest BCUT2D eigenvalue weighted by Gasteiger charge is -2.11. The molecule has 8 heteroatoms. The molecule has 194 valence electrons. The zero-order valence-corrected chi connectivity index (χ0v) is 23.3. The Hall–Kier alpha value is -3.88. The summed E-state index contributed by atoms with van der Waals surface area (Å²) < 4.78 is 17.6. The number of hydrogen-bond acceptors (Lipinski definition) is 6. The van der Waals surface area contributed by atoms with Gasteiger partial charge in [-0.25, -0.2) is 4.79 Å². The fraction of sp³-hybridized carbons (Fsp3) is 0.133. The SMILES string of the molecule is CCOC(=O)c1c(-c2ccc(Br)cc2)csc1NC(=O)/C=C/c1ccc(OCc2ccccc2)c(OC)c1. The van der Waals surface area contributed by atoms with Crippen LogP contribution in [-0.4, -0.2) is 25.6 Å². The first-order chi connectivity index (χ1) is 18.5. The normalized spacial score (nSPS) is 10.8. The van der Waals surface area contributed by atoms with Gasteiger partial charge in [-0.1, -0.05) is 64.5 Å². The summed E-state index contributed by atoms with van der Waals surface area (Å²) in [7, 11) is 1.57. The topological polar surface area (TPSA) is 73.9 Å². The summed E-state index contributed by atoms with van der Waals surface area (Å²) in [6.07, 6.45) is 3.08. The van der Waals surface area contributed by atoms with Gasteiger partial charge in [0.1, 0.15) is 17.2 Å². The lowest BCUT2D eigenvalue weighted by Crippen LogP contribution is -2.12. The number of hydrogen-bond donors (Lipinski definition) is 1. The van der Waals surface area contributed by atoms with Crippen LogP contribution in [0, 0.1) is 0 Å². The van der Waals surface area contributed by atoms with E-state index in [-0.39, 0.29) is 12.5 Å². The molecule has 1 amide bonds. The van der Waals surface area contributed by atoms with Crippen LogP contribution in [0.1, 0.15) is 28.4 Å². The van der Waals surface area contributed by atoms with Gasteiger partial charge in [0.15, 0.2) is 11.5 Å². The van der Waals surface area contributed by atoms with E-state index in [1.807, 2.05) is 72.1 Å². The van der Waals surface area contributed by atoms with Crippen molar-refractivity contribution >= 4 is 50.2 Å². The Morgan fingerprint density at radius 2 is 1.76 bits per heavy atom. The lowest BCUT2D eigenvalue weighted by molar-refractivity contribution is -0.111. The summed E-state index contributed by atoms with van der Waals surface area (Å²) >= 11 is 4.70. The average molecular weight is 593 g/mol. The molecule has 6 nitrogen and oxygen atoms in total. The number of methoxy groups -OCH3 is 1. The summed E-state index contributed by atoms with van der Waals surface area (Å²) in [6, 6.07) is 22.9. The smallest absolute Gasteiger partial charge is 0.341 e. The summed E-state index contributed by atoms with van der Waals surface area (Å²) in [4.78, 5) is 25.6. The Bertz CT molecular complexity index is 1430. The Balaban J connectivity index is 1.48. The molecule has 0 saturated carbocycles. The highest BCUT2D eigenvalue weighted by Gasteiger charge is 2.22. The van der Waals surface area contributed by atoms with Crippen molar-refractivity contribution in [3.05, 3.63) is 105 Å². The van der Waals surface area contributed by atoms with Crippen molar-refractivity contribution in [2.75, 3.05) is 19.0 Å². The second-order valence-electron chi connectivity index (χ2n) is 8.09. The molecule has 3 aromatic carbocycles. The van der Waals surface area contributed by atoms with E-state index in [4.69, 9.17) is 14.2 Å². The number of halogens is 1. The number of carbonyl (C=O) groups is 2. The van der Waals surface area contributed by atoms with E-state index in [9.17, 15) is 9.59 Å². The molecule has 1 aromatic heterocycles. The van der Waals surface area contributed by atoms with Crippen molar-refractivity contribution < 1.29 is 23.8 Å². The van der Waals surface area contributed by atoms with Crippen LogP contribution in [0.3, 0.4) is 0 Å². The van der Waals surface area contributed by atoms with Gasteiger partial charge in [-0.15, -0.1) is 11.3 Å². The minimum absolute atomic E-state index is 0.231. The zero-order valence-electron chi connectivity index (χ0n) is 20.9. The molecular formula is C30H26BrNO5S. The minimum Gasteiger partial charge on any atom is -0.493 e. The molecule has 0 aliphatic carbocycles. The molecule has 0 fully saturated rings. The molecular weight excluding hydrogens is 566 g/mol. The monoisotopic (exact) mass is 591 g/mol. The van der Waals surface area contributed by atoms with E-state index in [0.717, 1.165) is 21.2 Å². The molecule has 0 aliphatic rings. The van der Waals surface area contributed by atoms with E-state index >= 15 is 0 Å². The molecule has 0 bridgehead atoms. The third-order valence-electron chi connectivity index (χ3n) is 5.51. The van der Waals surface area contributed by atoms with Crippen molar-refractivity contribution in [1.29, 1.82) is 0 Å². The lowest BCUT2D eigenvalue weighted by atomic mass is 10.0. The molecule has 0 radical (unpaired) electrons. The highest BCUT2D eigenvalue weighted by molar-refractivity contribution is 9.10. The predicted octanol–water partition coefficient (Wildman–Crippen LogP) is 7.59. The van der Waals surface area contributed by atoms with Crippen molar-refractivity contribution in [3.8, 4) is 22.6 Å². The maximum absolute atomic E-state index is 12.8. The fourth-order valence-electron chi connectivity index (χ4n) is 3.67. The average Bonchev–Trinajstić information content (AvgIpc) is 3.35. The number of benzene rings is 3. The molecule has 1 heterocycles. The van der Waals surface area contributed by atoms with Crippen LogP contribution in [0.25, 0.3) is 17.2 Å². The second kappa shape index (κ2) is 13.1. The van der Waals surface area contributed by atoms with Crippen LogP contribution in [0.5, 0.6) is 11.5 Å². The summed E-state index contributed by atoms with van der Waals surface area (Å²) in [5.41, 5.74) is 3.70. The standard InChI is InChI=1S/C30H26BrNO5S/c1-3-36-30(34)28-24(22-11-13-23(31)14-12-22)19-38-29(28)32-27(33)16-10-20-9-15-25(26(17-20)35-2)37-18-21-7-5-4-6-8-21/h4-17,19H,3,18H2,1-2H3,(H,32,33)/b16-10+. The first-order valence-electron chi connectivity index (χ1n) is 11.9. The maximum atomic E-state index is 12.8. The van der Waals surface area contributed by atoms with E-state index in [1.165, 1.54) is 17.4 Å². The first kappa shape index (κ1) is 27.2. The van der Waals surface area contributed by atoms with Crippen molar-refractivity contribution in [3.63, 3.8) is 0 Å². The van der Waals surface area contributed by atoms with E-state index < -0.39 is 5.97 Å². The molecule has 0 atom stereocenters. The molecule has 0 aliphatic heterocycles. The number of carbonyl (C=O) groups excluding carboxylic acids is 2. The number of thiophene rings is 1. The number of nitrogens with one attached hydrogen (secondary N) is 1. The molecule has 4 aromatic rings. The van der Waals surface area contributed by atoms with Gasteiger partial charge >= 0.3 is 5.97 Å². The van der Waals surface area contributed by atoms with Crippen LogP contribution in [0.4, 0.5) is 5.00 Å². The number of ether oxygens (including phenoxy) is 3. The summed E-state index contributed by atoms with van der Waals surface area (Å²) in [6.45, 7) is 2.39. The Morgan fingerprint density at radius 3 is 2.47 bits per heavy atom. The third-order valence-corrected chi connectivity index (χ3v) is 6.94. The Morgan fingerprint density at radius 1 is 1.00 bits per heavy atom. The first-order valence-corrected chi connectivity index (χ1v) is 13.5. The van der Waals surface area contributed by atoms with Gasteiger partial charge in [0.2, 0.25) is 5.91 Å². The van der Waals surface area contributed by atoms with Gasteiger partial charge in [-0.3, -0.25) is 4.79 Å². The Kier molecular flexibility index (Phi) is 9.35. The van der Waals surface area contributed by atoms with E-state index in [0.29, 0.717) is 34.2 Å². The van der Waals surface area contributed by atoms with E-state index in [1.54, 1.807) is 26.2 Å². The third kappa shape index (κ3) is 6.90. The molecule has 0 saturated heterocycles. The van der Waals surface area contributed by atoms with Crippen LogP contribution in [0.15, 0.2) is 88.7 Å². The van der Waals surface area contributed by atoms with Crippen LogP contribution < -0.4 is 14.8 Å². The molecule has 38 heavy (non-hydrogen) atoms. The minimum atomic E-state index is -0.484. The molecule has 4 rings (SSSR count). The number of rotatable bonds is 10. The number of amides is 1. The largest absolute Gasteiger partial charge is 0.493 e. The summed E-state index contributed by atoms with van der Waals surface area (Å²) in [5.74, 6) is 0.312. The molecule has 0 unspecified atom stereocenters. The van der Waals surface area contributed by atoms with Gasteiger partial charge in [-0.05, 0) is 54.0 Å². The van der Waals surface area contributed by atoms with Gasteiger partial charge in [0.05, 0.1) is 13.7 Å². The quantitative estimate of drug-likeness (QED) is 0.152. The van der Waals surface area contributed by atoms with Crippen LogP contribution in [-0.2, 0) is 16.1 Å². The predicted molar refractivity (Wildman–Crippen MR) is 155 cm³/mol. The van der Waals surface area contributed by atoms with Gasteiger partial charge in [0, 0.05) is 21.5 Å². The van der Waals surface area contributed by atoms with Crippen LogP contribution in [0.2, 0.25) is 0 Å². The number of anilines is 1. The second-order valence-corrected chi connectivity index (χ2v) is 9.88. The van der Waals surface area contributed by atoms with Crippen molar-refractivity contribution in [2.24, 2.45) is 0 Å². The highest BCUT2D eigenvalue weighted by atomic mass is 79.9. The van der Waals surface area contributed by atoms with Gasteiger partial charge in [0.25, 0.3) is 0 Å². The molecule has 0 spiro atoms. The van der Waals surface area contributed by atoms with Gasteiger partial charge in [-0.2, -0.15) is 0 Å².